The van der Waals surface area contributed by atoms with E-state index in [1.54, 1.807) is 24.3 Å². The molecular weight excluding hydrogens is 358 g/mol. The molecule has 1 aliphatic heterocycles. The molecule has 0 spiro atoms. The summed E-state index contributed by atoms with van der Waals surface area (Å²) in [4.78, 5) is 25.2. The highest BCUT2D eigenvalue weighted by molar-refractivity contribution is 8.27. The molecule has 7 heteroatoms. The smallest absolute Gasteiger partial charge is 0.341 e. The molecule has 1 N–H and O–H groups in total. The third-order valence-corrected chi connectivity index (χ3v) is 4.63. The zero-order valence-electron chi connectivity index (χ0n) is 12.9. The molecule has 126 valence electrons. The monoisotopic (exact) mass is 371 g/mol. The van der Waals surface area contributed by atoms with Crippen LogP contribution in [0.4, 0.5) is 5.69 Å². The quantitative estimate of drug-likeness (QED) is 0.640. The van der Waals surface area contributed by atoms with Crippen LogP contribution >= 0.6 is 24.0 Å². The number of carboxylic acid groups (broad SMARTS) is 1. The second-order valence-corrected chi connectivity index (χ2v) is 6.78. The van der Waals surface area contributed by atoms with Gasteiger partial charge in [0.2, 0.25) is 0 Å². The molecule has 0 atom stereocenters. The Hall–Kier alpha value is -2.64. The van der Waals surface area contributed by atoms with Crippen molar-refractivity contribution < 1.29 is 19.4 Å². The van der Waals surface area contributed by atoms with Crippen LogP contribution < -0.4 is 9.64 Å². The van der Waals surface area contributed by atoms with E-state index in [-0.39, 0.29) is 5.91 Å². The van der Waals surface area contributed by atoms with Crippen molar-refractivity contribution in [2.75, 3.05) is 11.5 Å². The number of nitrogens with zero attached hydrogens (tertiary/aromatic N) is 1. The summed E-state index contributed by atoms with van der Waals surface area (Å²) in [6, 6.07) is 16.1. The van der Waals surface area contributed by atoms with Crippen LogP contribution in [0, 0.1) is 0 Å². The maximum atomic E-state index is 12.7. The van der Waals surface area contributed by atoms with Gasteiger partial charge in [0.05, 0.1) is 10.6 Å². The fourth-order valence-electron chi connectivity index (χ4n) is 2.26. The van der Waals surface area contributed by atoms with Gasteiger partial charge in [-0.05, 0) is 35.9 Å². The molecule has 0 aromatic heterocycles. The van der Waals surface area contributed by atoms with Gasteiger partial charge in [-0.15, -0.1) is 0 Å². The van der Waals surface area contributed by atoms with Gasteiger partial charge < -0.3 is 9.84 Å². The largest absolute Gasteiger partial charge is 0.482 e. The Kier molecular flexibility index (Phi) is 5.16. The van der Waals surface area contributed by atoms with Crippen molar-refractivity contribution >= 4 is 51.9 Å². The average molecular weight is 371 g/mol. The van der Waals surface area contributed by atoms with Crippen molar-refractivity contribution in [3.8, 4) is 5.75 Å². The van der Waals surface area contributed by atoms with Crippen molar-refractivity contribution in [1.29, 1.82) is 0 Å². The molecule has 3 rings (SSSR count). The lowest BCUT2D eigenvalue weighted by molar-refractivity contribution is -0.139. The highest BCUT2D eigenvalue weighted by Gasteiger charge is 2.33. The molecule has 1 fully saturated rings. The summed E-state index contributed by atoms with van der Waals surface area (Å²) in [5.41, 5.74) is 1.46. The number of hydrogen-bond acceptors (Lipinski definition) is 5. The van der Waals surface area contributed by atoms with Gasteiger partial charge in [0.15, 0.2) is 10.9 Å². The van der Waals surface area contributed by atoms with Crippen LogP contribution in [0.2, 0.25) is 0 Å². The zero-order valence-corrected chi connectivity index (χ0v) is 14.5. The number of benzene rings is 2. The van der Waals surface area contributed by atoms with Crippen LogP contribution in [0.3, 0.4) is 0 Å². The fraction of sp³-hybridized carbons (Fsp3) is 0.0556. The van der Waals surface area contributed by atoms with Crippen molar-refractivity contribution in [2.45, 2.75) is 0 Å². The normalized spacial score (nSPS) is 15.7. The van der Waals surface area contributed by atoms with Gasteiger partial charge in [-0.3, -0.25) is 9.69 Å². The molecular formula is C18H13NO4S2. The standard InChI is InChI=1S/C18H13NO4S2/c20-16(21)11-23-14-8-4-5-12(9-14)10-15-17(22)19(18(24)25-15)13-6-2-1-3-7-13/h1-10H,11H2,(H,20,21)/b15-10-. The van der Waals surface area contributed by atoms with Gasteiger partial charge in [0.25, 0.3) is 5.91 Å². The second kappa shape index (κ2) is 7.50. The number of hydrogen-bond donors (Lipinski definition) is 1. The number of rotatable bonds is 5. The Morgan fingerprint density at radius 1 is 1.20 bits per heavy atom. The molecule has 1 amide bonds. The zero-order chi connectivity index (χ0) is 17.8. The van der Waals surface area contributed by atoms with Crippen molar-refractivity contribution in [1.82, 2.24) is 0 Å². The second-order valence-electron chi connectivity index (χ2n) is 5.11. The van der Waals surface area contributed by atoms with Crippen molar-refractivity contribution in [3.05, 3.63) is 65.1 Å². The number of para-hydroxylation sites is 1. The molecule has 1 heterocycles. The molecule has 0 saturated carbocycles. The lowest BCUT2D eigenvalue weighted by atomic mass is 10.2. The minimum Gasteiger partial charge on any atom is -0.482 e. The number of thioether (sulfide) groups is 1. The summed E-state index contributed by atoms with van der Waals surface area (Å²) in [5, 5.41) is 8.67. The van der Waals surface area contributed by atoms with E-state index in [1.807, 2.05) is 36.4 Å². The Morgan fingerprint density at radius 3 is 2.68 bits per heavy atom. The SMILES string of the molecule is O=C(O)COc1cccc(/C=C2\SC(=S)N(c3ccccc3)C2=O)c1. The van der Waals surface area contributed by atoms with E-state index < -0.39 is 12.6 Å². The number of thiocarbonyl (C=S) groups is 1. The highest BCUT2D eigenvalue weighted by atomic mass is 32.2. The molecule has 2 aromatic rings. The van der Waals surface area contributed by atoms with E-state index in [0.29, 0.717) is 15.0 Å². The number of anilines is 1. The van der Waals surface area contributed by atoms with E-state index in [2.05, 4.69) is 0 Å². The minimum absolute atomic E-state index is 0.182. The molecule has 2 aromatic carbocycles. The Morgan fingerprint density at radius 2 is 1.96 bits per heavy atom. The summed E-state index contributed by atoms with van der Waals surface area (Å²) >= 11 is 6.56. The molecule has 1 saturated heterocycles. The molecule has 0 radical (unpaired) electrons. The summed E-state index contributed by atoms with van der Waals surface area (Å²) in [5.74, 6) is -0.804. The van der Waals surface area contributed by atoms with E-state index in [9.17, 15) is 9.59 Å². The van der Waals surface area contributed by atoms with Crippen molar-refractivity contribution in [3.63, 3.8) is 0 Å². The van der Waals surface area contributed by atoms with E-state index in [0.717, 1.165) is 11.3 Å². The van der Waals surface area contributed by atoms with E-state index in [4.69, 9.17) is 22.1 Å². The number of carbonyl (C=O) groups excluding carboxylic acids is 1. The number of carboxylic acids is 1. The number of amides is 1. The van der Waals surface area contributed by atoms with Crippen LogP contribution in [-0.4, -0.2) is 27.9 Å². The molecule has 0 bridgehead atoms. The predicted molar refractivity (Wildman–Crippen MR) is 102 cm³/mol. The van der Waals surface area contributed by atoms with E-state index in [1.165, 1.54) is 16.7 Å². The van der Waals surface area contributed by atoms with Crippen LogP contribution in [-0.2, 0) is 9.59 Å². The first-order chi connectivity index (χ1) is 12.0. The van der Waals surface area contributed by atoms with Gasteiger partial charge in [-0.2, -0.15) is 0 Å². The van der Waals surface area contributed by atoms with Gasteiger partial charge in [0, 0.05) is 0 Å². The Bertz CT molecular complexity index is 864. The van der Waals surface area contributed by atoms with Gasteiger partial charge in [-0.25, -0.2) is 4.79 Å². The van der Waals surface area contributed by atoms with Crippen LogP contribution in [0.5, 0.6) is 5.75 Å². The molecule has 25 heavy (non-hydrogen) atoms. The fourth-order valence-corrected chi connectivity index (χ4v) is 3.56. The minimum atomic E-state index is -1.05. The lowest BCUT2D eigenvalue weighted by Gasteiger charge is -2.13. The van der Waals surface area contributed by atoms with Crippen molar-refractivity contribution in [2.24, 2.45) is 0 Å². The number of aliphatic carboxylic acids is 1. The van der Waals surface area contributed by atoms with Gasteiger partial charge >= 0.3 is 5.97 Å². The molecule has 5 nitrogen and oxygen atoms in total. The first-order valence-electron chi connectivity index (χ1n) is 7.32. The number of carbonyl (C=O) groups is 2. The summed E-state index contributed by atoms with van der Waals surface area (Å²) in [6.45, 7) is -0.417. The molecule has 0 aliphatic carbocycles. The topological polar surface area (TPSA) is 66.8 Å². The van der Waals surface area contributed by atoms with E-state index >= 15 is 0 Å². The first kappa shape index (κ1) is 17.2. The van der Waals surface area contributed by atoms with Crippen LogP contribution in [0.15, 0.2) is 59.5 Å². The molecule has 0 unspecified atom stereocenters. The van der Waals surface area contributed by atoms with Crippen LogP contribution in [0.1, 0.15) is 5.56 Å². The maximum Gasteiger partial charge on any atom is 0.341 e. The Balaban J connectivity index is 1.83. The molecule has 1 aliphatic rings. The summed E-state index contributed by atoms with van der Waals surface area (Å²) in [7, 11) is 0. The lowest BCUT2D eigenvalue weighted by Crippen LogP contribution is -2.27. The van der Waals surface area contributed by atoms with Crippen LogP contribution in [0.25, 0.3) is 6.08 Å². The third kappa shape index (κ3) is 4.07. The predicted octanol–water partition coefficient (Wildman–Crippen LogP) is 3.56. The van der Waals surface area contributed by atoms with Gasteiger partial charge in [-0.1, -0.05) is 54.3 Å². The van der Waals surface area contributed by atoms with Gasteiger partial charge in [0.1, 0.15) is 5.75 Å². The summed E-state index contributed by atoms with van der Waals surface area (Å²) in [6.07, 6.45) is 1.72. The first-order valence-corrected chi connectivity index (χ1v) is 8.55. The average Bonchev–Trinajstić information content (AvgIpc) is 2.88. The third-order valence-electron chi connectivity index (χ3n) is 3.33. The Labute approximate surface area is 153 Å². The summed E-state index contributed by atoms with van der Waals surface area (Å²) < 4.78 is 5.63. The highest BCUT2D eigenvalue weighted by Crippen LogP contribution is 2.36. The number of ether oxygens (including phenoxy) is 1. The maximum absolute atomic E-state index is 12.7.